The van der Waals surface area contributed by atoms with Crippen LogP contribution in [0.5, 0.6) is 0 Å². The first-order valence-electron chi connectivity index (χ1n) is 3.82. The molecule has 0 saturated carbocycles. The van der Waals surface area contributed by atoms with Crippen LogP contribution in [0.25, 0.3) is 0 Å². The van der Waals surface area contributed by atoms with E-state index in [1.807, 2.05) is 30.3 Å². The van der Waals surface area contributed by atoms with Crippen molar-refractivity contribution in [1.29, 1.82) is 0 Å². The van der Waals surface area contributed by atoms with Gasteiger partial charge in [-0.2, -0.15) is 0 Å². The number of hydrogen-bond acceptors (Lipinski definition) is 2. The Kier molecular flexibility index (Phi) is 2.04. The second-order valence-electron chi connectivity index (χ2n) is 2.67. The van der Waals surface area contributed by atoms with Gasteiger partial charge in [0.1, 0.15) is 5.37 Å². The number of carbonyl (C=O) groups is 1. The van der Waals surface area contributed by atoms with E-state index in [1.165, 1.54) is 5.56 Å². The van der Waals surface area contributed by atoms with Gasteiger partial charge >= 0.3 is 0 Å². The summed E-state index contributed by atoms with van der Waals surface area (Å²) in [5, 5.41) is 3.06. The summed E-state index contributed by atoms with van der Waals surface area (Å²) in [5.74, 6) is 0.716. The third kappa shape index (κ3) is 1.46. The molecule has 2 rings (SSSR count). The molecule has 0 unspecified atom stereocenters. The molecule has 1 N–H and O–H groups in total. The molecule has 1 aromatic rings. The molecular weight excluding hydrogens is 170 g/mol. The Morgan fingerprint density at radius 2 is 2.08 bits per heavy atom. The van der Waals surface area contributed by atoms with E-state index in [1.54, 1.807) is 11.8 Å². The topological polar surface area (TPSA) is 29.1 Å². The predicted octanol–water partition coefficient (Wildman–Crippen LogP) is 1.55. The van der Waals surface area contributed by atoms with E-state index in [2.05, 4.69) is 5.32 Å². The van der Waals surface area contributed by atoms with Crippen molar-refractivity contribution in [2.45, 2.75) is 5.37 Å². The van der Waals surface area contributed by atoms with Crippen molar-refractivity contribution in [1.82, 2.24) is 5.32 Å². The number of amides is 1. The minimum absolute atomic E-state index is 0.133. The summed E-state index contributed by atoms with van der Waals surface area (Å²) >= 11 is 1.64. The molecule has 1 saturated heterocycles. The predicted molar refractivity (Wildman–Crippen MR) is 49.8 cm³/mol. The summed E-state index contributed by atoms with van der Waals surface area (Å²) < 4.78 is 0. The zero-order valence-electron chi connectivity index (χ0n) is 6.49. The van der Waals surface area contributed by atoms with Gasteiger partial charge in [-0.15, -0.1) is 11.8 Å². The fourth-order valence-corrected chi connectivity index (χ4v) is 2.16. The molecule has 1 heterocycles. The molecule has 0 aromatic heterocycles. The van der Waals surface area contributed by atoms with Gasteiger partial charge < -0.3 is 5.32 Å². The van der Waals surface area contributed by atoms with Crippen LogP contribution in [0, 0.1) is 0 Å². The quantitative estimate of drug-likeness (QED) is 0.708. The molecule has 12 heavy (non-hydrogen) atoms. The average molecular weight is 179 g/mol. The van der Waals surface area contributed by atoms with Crippen LogP contribution in [0.3, 0.4) is 0 Å². The highest BCUT2D eigenvalue weighted by atomic mass is 32.2. The van der Waals surface area contributed by atoms with E-state index in [0.717, 1.165) is 0 Å². The van der Waals surface area contributed by atoms with Gasteiger partial charge in [-0.1, -0.05) is 30.3 Å². The van der Waals surface area contributed by atoms with Gasteiger partial charge in [-0.3, -0.25) is 4.79 Å². The number of nitrogens with one attached hydrogen (secondary N) is 1. The molecule has 1 aliphatic heterocycles. The zero-order chi connectivity index (χ0) is 8.39. The lowest BCUT2D eigenvalue weighted by Gasteiger charge is -2.07. The second kappa shape index (κ2) is 3.19. The van der Waals surface area contributed by atoms with E-state index in [9.17, 15) is 4.79 Å². The van der Waals surface area contributed by atoms with Gasteiger partial charge in [0.15, 0.2) is 0 Å². The molecule has 1 amide bonds. The van der Waals surface area contributed by atoms with Crippen molar-refractivity contribution in [2.75, 3.05) is 5.75 Å². The molecule has 1 fully saturated rings. The van der Waals surface area contributed by atoms with Gasteiger partial charge in [0.25, 0.3) is 0 Å². The number of hydrogen-bond donors (Lipinski definition) is 1. The zero-order valence-corrected chi connectivity index (χ0v) is 7.30. The molecule has 0 radical (unpaired) electrons. The Morgan fingerprint density at radius 1 is 1.33 bits per heavy atom. The Morgan fingerprint density at radius 3 is 2.67 bits per heavy atom. The highest BCUT2D eigenvalue weighted by Crippen LogP contribution is 2.29. The summed E-state index contributed by atoms with van der Waals surface area (Å²) in [4.78, 5) is 10.9. The fourth-order valence-electron chi connectivity index (χ4n) is 1.20. The Balaban J connectivity index is 2.16. The monoisotopic (exact) mass is 179 g/mol. The maximum absolute atomic E-state index is 10.9. The highest BCUT2D eigenvalue weighted by Gasteiger charge is 2.21. The van der Waals surface area contributed by atoms with Crippen LogP contribution in [-0.4, -0.2) is 11.7 Å². The Hall–Kier alpha value is -0.960. The third-order valence-corrected chi connectivity index (χ3v) is 2.93. The second-order valence-corrected chi connectivity index (χ2v) is 3.76. The van der Waals surface area contributed by atoms with E-state index in [4.69, 9.17) is 0 Å². The Labute approximate surface area is 75.4 Å². The maximum atomic E-state index is 10.9. The molecule has 1 atom stereocenters. The molecule has 0 spiro atoms. The minimum Gasteiger partial charge on any atom is -0.339 e. The van der Waals surface area contributed by atoms with Gasteiger partial charge in [0, 0.05) is 0 Å². The fraction of sp³-hybridized carbons (Fsp3) is 0.222. The van der Waals surface area contributed by atoms with E-state index >= 15 is 0 Å². The van der Waals surface area contributed by atoms with Crippen molar-refractivity contribution in [3.63, 3.8) is 0 Å². The van der Waals surface area contributed by atoms with E-state index in [-0.39, 0.29) is 11.3 Å². The standard InChI is InChI=1S/C9H9NOS/c11-8-6-12-9(10-8)7-4-2-1-3-5-7/h1-5,9H,6H2,(H,10,11)/t9-/m1/s1. The van der Waals surface area contributed by atoms with Crippen LogP contribution in [0.15, 0.2) is 30.3 Å². The molecule has 2 nitrogen and oxygen atoms in total. The van der Waals surface area contributed by atoms with Crippen molar-refractivity contribution < 1.29 is 4.79 Å². The number of carbonyl (C=O) groups excluding carboxylic acids is 1. The van der Waals surface area contributed by atoms with Crippen LogP contribution in [0.2, 0.25) is 0 Å². The third-order valence-electron chi connectivity index (χ3n) is 1.78. The summed E-state index contributed by atoms with van der Waals surface area (Å²) in [5.41, 5.74) is 1.17. The van der Waals surface area contributed by atoms with Gasteiger partial charge in [-0.25, -0.2) is 0 Å². The minimum atomic E-state index is 0.133. The van der Waals surface area contributed by atoms with Crippen molar-refractivity contribution in [3.05, 3.63) is 35.9 Å². The van der Waals surface area contributed by atoms with E-state index < -0.39 is 0 Å². The lowest BCUT2D eigenvalue weighted by molar-refractivity contribution is -0.118. The lowest BCUT2D eigenvalue weighted by atomic mass is 10.2. The number of benzene rings is 1. The smallest absolute Gasteiger partial charge is 0.231 e. The Bertz CT molecular complexity index is 286. The normalized spacial score (nSPS) is 22.3. The summed E-state index contributed by atoms with van der Waals surface area (Å²) in [6.07, 6.45) is 0. The first-order chi connectivity index (χ1) is 5.86. The molecule has 62 valence electrons. The van der Waals surface area contributed by atoms with E-state index in [0.29, 0.717) is 5.75 Å². The summed E-state index contributed by atoms with van der Waals surface area (Å²) in [7, 11) is 0. The van der Waals surface area contributed by atoms with Gasteiger partial charge in [0.2, 0.25) is 5.91 Å². The van der Waals surface area contributed by atoms with Gasteiger partial charge in [0.05, 0.1) is 5.75 Å². The van der Waals surface area contributed by atoms with Crippen molar-refractivity contribution in [3.8, 4) is 0 Å². The molecular formula is C9H9NOS. The van der Waals surface area contributed by atoms with Crippen molar-refractivity contribution in [2.24, 2.45) is 0 Å². The number of thioether (sulfide) groups is 1. The molecule has 0 bridgehead atoms. The lowest BCUT2D eigenvalue weighted by Crippen LogP contribution is -2.18. The number of rotatable bonds is 1. The molecule has 3 heteroatoms. The van der Waals surface area contributed by atoms with Gasteiger partial charge in [-0.05, 0) is 5.56 Å². The van der Waals surface area contributed by atoms with Crippen molar-refractivity contribution >= 4 is 17.7 Å². The molecule has 1 aliphatic rings. The van der Waals surface area contributed by atoms with Crippen LogP contribution in [0.1, 0.15) is 10.9 Å². The highest BCUT2D eigenvalue weighted by molar-refractivity contribution is 8.00. The first kappa shape index (κ1) is 7.68. The van der Waals surface area contributed by atoms with Crippen LogP contribution >= 0.6 is 11.8 Å². The largest absolute Gasteiger partial charge is 0.339 e. The summed E-state index contributed by atoms with van der Waals surface area (Å²) in [6.45, 7) is 0. The molecule has 1 aromatic carbocycles. The van der Waals surface area contributed by atoms with Crippen LogP contribution < -0.4 is 5.32 Å². The van der Waals surface area contributed by atoms with Crippen LogP contribution in [-0.2, 0) is 4.79 Å². The molecule has 0 aliphatic carbocycles. The SMILES string of the molecule is O=C1CS[C@H](c2ccccc2)N1. The average Bonchev–Trinajstić information content (AvgIpc) is 2.54. The van der Waals surface area contributed by atoms with Crippen LogP contribution in [0.4, 0.5) is 0 Å². The maximum Gasteiger partial charge on any atom is 0.231 e. The summed E-state index contributed by atoms with van der Waals surface area (Å²) in [6, 6.07) is 10.0. The first-order valence-corrected chi connectivity index (χ1v) is 4.87.